The van der Waals surface area contributed by atoms with Gasteiger partial charge in [0.25, 0.3) is 0 Å². The number of nitrogens with zero attached hydrogens (tertiary/aromatic N) is 4. The average Bonchev–Trinajstić information content (AvgIpc) is 3.62. The highest BCUT2D eigenvalue weighted by Crippen LogP contribution is 2.52. The molecule has 0 saturated heterocycles. The summed E-state index contributed by atoms with van der Waals surface area (Å²) in [6, 6.07) is 16.2. The Morgan fingerprint density at radius 1 is 1.14 bits per heavy atom. The predicted octanol–water partition coefficient (Wildman–Crippen LogP) is 5.75. The Morgan fingerprint density at radius 2 is 1.91 bits per heavy atom. The molecule has 8 heteroatoms. The fraction of sp³-hybridized carbons (Fsp3) is 0.444. The lowest BCUT2D eigenvalue weighted by Gasteiger charge is -2.30. The molecule has 2 bridgehead atoms. The number of hydrogen-bond acceptors (Lipinski definition) is 5. The molecule has 1 heterocycles. The van der Waals surface area contributed by atoms with Gasteiger partial charge in [0.15, 0.2) is 22.5 Å². The second-order valence-electron chi connectivity index (χ2n) is 9.64. The molecule has 2 aliphatic carbocycles. The van der Waals surface area contributed by atoms with Crippen LogP contribution in [0.4, 0.5) is 10.1 Å². The number of thioether (sulfide) groups is 1. The second kappa shape index (κ2) is 10.4. The van der Waals surface area contributed by atoms with E-state index in [1.165, 1.54) is 43.5 Å². The zero-order chi connectivity index (χ0) is 24.4. The summed E-state index contributed by atoms with van der Waals surface area (Å²) in [5, 5.41) is 9.57. The van der Waals surface area contributed by atoms with E-state index in [1.807, 2.05) is 30.3 Å². The summed E-state index contributed by atoms with van der Waals surface area (Å²) in [5.74, 6) is 2.80. The zero-order valence-electron chi connectivity index (χ0n) is 20.1. The summed E-state index contributed by atoms with van der Waals surface area (Å²) in [6.07, 6.45) is 5.14. The maximum Gasteiger partial charge on any atom is 0.237 e. The van der Waals surface area contributed by atoms with Crippen molar-refractivity contribution in [3.8, 4) is 5.75 Å². The van der Waals surface area contributed by atoms with E-state index in [-0.39, 0.29) is 30.1 Å². The van der Waals surface area contributed by atoms with Crippen molar-refractivity contribution in [2.75, 3.05) is 17.7 Å². The number of fused-ring (bicyclic) bond motifs is 2. The number of anilines is 1. The molecule has 0 N–H and O–H groups in total. The smallest absolute Gasteiger partial charge is 0.237 e. The molecule has 35 heavy (non-hydrogen) atoms. The molecule has 5 rings (SSSR count). The molecule has 0 radical (unpaired) electrons. The van der Waals surface area contributed by atoms with E-state index in [0.29, 0.717) is 16.9 Å². The normalized spacial score (nSPS) is 21.7. The van der Waals surface area contributed by atoms with Crippen molar-refractivity contribution in [3.05, 3.63) is 66.2 Å². The molecule has 1 amide bonds. The van der Waals surface area contributed by atoms with Gasteiger partial charge in [-0.05, 0) is 68.2 Å². The van der Waals surface area contributed by atoms with Gasteiger partial charge >= 0.3 is 0 Å². The van der Waals surface area contributed by atoms with E-state index in [1.54, 1.807) is 30.1 Å². The van der Waals surface area contributed by atoms with Gasteiger partial charge in [-0.25, -0.2) is 4.39 Å². The van der Waals surface area contributed by atoms with Crippen molar-refractivity contribution in [2.24, 2.45) is 17.8 Å². The summed E-state index contributed by atoms with van der Waals surface area (Å²) in [4.78, 5) is 14.6. The number of rotatable bonds is 9. The Balaban J connectivity index is 1.34. The first kappa shape index (κ1) is 23.9. The molecule has 2 aliphatic rings. The minimum absolute atomic E-state index is 0.00696. The number of carbonyl (C=O) groups is 1. The van der Waals surface area contributed by atoms with Crippen molar-refractivity contribution in [1.29, 1.82) is 0 Å². The number of benzene rings is 2. The van der Waals surface area contributed by atoms with Gasteiger partial charge in [0.05, 0.1) is 5.75 Å². The maximum atomic E-state index is 14.1. The van der Waals surface area contributed by atoms with E-state index in [9.17, 15) is 9.18 Å². The van der Waals surface area contributed by atoms with E-state index < -0.39 is 5.82 Å². The van der Waals surface area contributed by atoms with E-state index in [4.69, 9.17) is 4.74 Å². The van der Waals surface area contributed by atoms with Gasteiger partial charge in [-0.1, -0.05) is 48.5 Å². The van der Waals surface area contributed by atoms with Crippen LogP contribution in [0.25, 0.3) is 0 Å². The molecule has 1 aromatic heterocycles. The molecular weight excluding hydrogens is 463 g/mol. The van der Waals surface area contributed by atoms with Crippen LogP contribution in [0.3, 0.4) is 0 Å². The average molecular weight is 495 g/mol. The third-order valence-electron chi connectivity index (χ3n) is 7.59. The summed E-state index contributed by atoms with van der Waals surface area (Å²) in [5.41, 5.74) is 0.855. The van der Waals surface area contributed by atoms with Gasteiger partial charge in [0.2, 0.25) is 5.91 Å². The highest BCUT2D eigenvalue weighted by molar-refractivity contribution is 7.99. The Kier molecular flexibility index (Phi) is 7.09. The van der Waals surface area contributed by atoms with Gasteiger partial charge < -0.3 is 9.64 Å². The first-order chi connectivity index (χ1) is 17.0. The number of amides is 1. The fourth-order valence-corrected chi connectivity index (χ4v) is 6.67. The quantitative estimate of drug-likeness (QED) is 0.355. The Bertz CT molecular complexity index is 1170. The standard InChI is InChI=1S/C27H31FN4O2S/c1-18(22-15-19-12-13-20(22)14-19)32-25(16-34-24-11-7-6-10-23(24)28)29-30-27(32)35-17-26(33)31(2)21-8-4-3-5-9-21/h3-11,18-20,22H,12-17H2,1-2H3/t18-,19+,20+,22-/m1/s1. The molecule has 184 valence electrons. The van der Waals surface area contributed by atoms with Crippen LogP contribution in [0.15, 0.2) is 59.8 Å². The summed E-state index contributed by atoms with van der Waals surface area (Å²) in [7, 11) is 1.79. The lowest BCUT2D eigenvalue weighted by Crippen LogP contribution is -2.28. The predicted molar refractivity (Wildman–Crippen MR) is 135 cm³/mol. The number of hydrogen-bond donors (Lipinski definition) is 0. The summed E-state index contributed by atoms with van der Waals surface area (Å²) >= 11 is 1.40. The Labute approximate surface area is 209 Å². The lowest BCUT2D eigenvalue weighted by atomic mass is 9.84. The lowest BCUT2D eigenvalue weighted by molar-refractivity contribution is -0.115. The summed E-state index contributed by atoms with van der Waals surface area (Å²) < 4.78 is 22.0. The molecule has 2 aromatic carbocycles. The molecule has 3 aromatic rings. The number of carbonyl (C=O) groups excluding carboxylic acids is 1. The Hall–Kier alpha value is -2.87. The van der Waals surface area contributed by atoms with Crippen LogP contribution in [-0.2, 0) is 11.4 Å². The molecule has 6 nitrogen and oxygen atoms in total. The first-order valence-corrected chi connectivity index (χ1v) is 13.3. The largest absolute Gasteiger partial charge is 0.483 e. The van der Waals surface area contributed by atoms with E-state index >= 15 is 0 Å². The number of para-hydroxylation sites is 2. The van der Waals surface area contributed by atoms with Crippen LogP contribution in [0.5, 0.6) is 5.75 Å². The molecule has 4 atom stereocenters. The van der Waals surface area contributed by atoms with Gasteiger partial charge in [-0.3, -0.25) is 9.36 Å². The van der Waals surface area contributed by atoms with Gasteiger partial charge in [0, 0.05) is 18.8 Å². The van der Waals surface area contributed by atoms with Gasteiger partial charge in [-0.15, -0.1) is 10.2 Å². The van der Waals surface area contributed by atoms with Crippen molar-refractivity contribution in [2.45, 2.75) is 50.4 Å². The number of aromatic nitrogens is 3. The first-order valence-electron chi connectivity index (χ1n) is 12.3. The minimum Gasteiger partial charge on any atom is -0.483 e. The minimum atomic E-state index is -0.399. The molecule has 0 aliphatic heterocycles. The molecule has 2 saturated carbocycles. The van der Waals surface area contributed by atoms with Crippen LogP contribution < -0.4 is 9.64 Å². The topological polar surface area (TPSA) is 60.2 Å². The van der Waals surface area contributed by atoms with Crippen LogP contribution in [0, 0.1) is 23.6 Å². The van der Waals surface area contributed by atoms with Crippen molar-refractivity contribution >= 4 is 23.4 Å². The zero-order valence-corrected chi connectivity index (χ0v) is 21.0. The van der Waals surface area contributed by atoms with Gasteiger partial charge in [0.1, 0.15) is 6.61 Å². The molecule has 0 unspecified atom stereocenters. The van der Waals surface area contributed by atoms with Gasteiger partial charge in [-0.2, -0.15) is 0 Å². The second-order valence-corrected chi connectivity index (χ2v) is 10.6. The van der Waals surface area contributed by atoms with Crippen molar-refractivity contribution < 1.29 is 13.9 Å². The highest BCUT2D eigenvalue weighted by Gasteiger charge is 2.43. The SMILES string of the molecule is C[C@H]([C@H]1C[C@H]2CC[C@H]1C2)n1c(COc2ccccc2F)nnc1SCC(=O)N(C)c1ccccc1. The molecule has 2 fully saturated rings. The van der Waals surface area contributed by atoms with Crippen molar-refractivity contribution in [3.63, 3.8) is 0 Å². The van der Waals surface area contributed by atoms with Crippen LogP contribution in [-0.4, -0.2) is 33.5 Å². The van der Waals surface area contributed by atoms with Crippen LogP contribution in [0.1, 0.15) is 44.5 Å². The molecular formula is C27H31FN4O2S. The van der Waals surface area contributed by atoms with E-state index in [0.717, 1.165) is 17.5 Å². The Morgan fingerprint density at radius 3 is 2.63 bits per heavy atom. The number of halogens is 1. The fourth-order valence-electron chi connectivity index (χ4n) is 5.71. The third kappa shape index (κ3) is 5.08. The third-order valence-corrected chi connectivity index (χ3v) is 8.52. The maximum absolute atomic E-state index is 14.1. The molecule has 0 spiro atoms. The van der Waals surface area contributed by atoms with Crippen LogP contribution >= 0.6 is 11.8 Å². The van der Waals surface area contributed by atoms with Crippen molar-refractivity contribution in [1.82, 2.24) is 14.8 Å². The number of ether oxygens (including phenoxy) is 1. The van der Waals surface area contributed by atoms with Crippen LogP contribution in [0.2, 0.25) is 0 Å². The van der Waals surface area contributed by atoms with E-state index in [2.05, 4.69) is 21.7 Å². The monoisotopic (exact) mass is 494 g/mol. The summed E-state index contributed by atoms with van der Waals surface area (Å²) in [6.45, 7) is 2.35. The highest BCUT2D eigenvalue weighted by atomic mass is 32.2.